The van der Waals surface area contributed by atoms with Crippen LogP contribution in [0.2, 0.25) is 0 Å². The molecule has 0 saturated heterocycles. The van der Waals surface area contributed by atoms with E-state index in [9.17, 15) is 14.7 Å². The lowest BCUT2D eigenvalue weighted by atomic mass is 9.45. The van der Waals surface area contributed by atoms with Crippen LogP contribution in [0.25, 0.3) is 0 Å². The number of alkyl halides is 2. The first-order valence-electron chi connectivity index (χ1n) is 11.2. The summed E-state index contributed by atoms with van der Waals surface area (Å²) in [6.07, 6.45) is 2.37. The SMILES string of the molecule is CC1C[C@H]2[C@@H]3CC(F)C4=CC(=O)C=C[C@]4(C)[C@@]3(F)C(O)C[C@]2(C)C1OC(=O)c1ccco1. The number of furan rings is 1. The molecule has 1 aromatic heterocycles. The third-order valence-corrected chi connectivity index (χ3v) is 8.81. The zero-order chi connectivity index (χ0) is 23.1. The highest BCUT2D eigenvalue weighted by atomic mass is 19.1. The summed E-state index contributed by atoms with van der Waals surface area (Å²) in [6, 6.07) is 3.11. The van der Waals surface area contributed by atoms with Crippen LogP contribution >= 0.6 is 0 Å². The normalized spacial score (nSPS) is 47.3. The predicted molar refractivity (Wildman–Crippen MR) is 111 cm³/mol. The molecule has 172 valence electrons. The third kappa shape index (κ3) is 2.63. The molecule has 1 aromatic rings. The van der Waals surface area contributed by atoms with Crippen LogP contribution < -0.4 is 0 Å². The van der Waals surface area contributed by atoms with Gasteiger partial charge in [-0.25, -0.2) is 13.6 Å². The summed E-state index contributed by atoms with van der Waals surface area (Å²) < 4.78 is 43.4. The smallest absolute Gasteiger partial charge is 0.374 e. The first-order chi connectivity index (χ1) is 15.0. The van der Waals surface area contributed by atoms with Crippen LogP contribution in [0.1, 0.15) is 50.6 Å². The molecule has 4 aliphatic carbocycles. The fourth-order valence-electron chi connectivity index (χ4n) is 7.35. The Kier molecular flexibility index (Phi) is 4.62. The number of ketones is 1. The van der Waals surface area contributed by atoms with Crippen LogP contribution in [-0.4, -0.2) is 40.9 Å². The van der Waals surface area contributed by atoms with Gasteiger partial charge in [0.25, 0.3) is 0 Å². The number of allylic oxidation sites excluding steroid dienone is 4. The average Bonchev–Trinajstić information content (AvgIpc) is 3.35. The molecule has 7 heteroatoms. The maximum absolute atomic E-state index is 17.0. The quantitative estimate of drug-likeness (QED) is 0.683. The zero-order valence-electron chi connectivity index (χ0n) is 18.4. The molecule has 3 fully saturated rings. The van der Waals surface area contributed by atoms with E-state index in [0.717, 1.165) is 0 Å². The molecule has 4 aliphatic rings. The highest BCUT2D eigenvalue weighted by molar-refractivity contribution is 6.01. The Bertz CT molecular complexity index is 1020. The van der Waals surface area contributed by atoms with Gasteiger partial charge in [-0.1, -0.05) is 19.9 Å². The van der Waals surface area contributed by atoms with E-state index in [2.05, 4.69) is 0 Å². The molecule has 0 bridgehead atoms. The van der Waals surface area contributed by atoms with Crippen LogP contribution in [0.15, 0.2) is 46.6 Å². The van der Waals surface area contributed by atoms with E-state index in [-0.39, 0.29) is 41.8 Å². The van der Waals surface area contributed by atoms with Crippen LogP contribution in [0.5, 0.6) is 0 Å². The van der Waals surface area contributed by atoms with Gasteiger partial charge in [0.1, 0.15) is 12.3 Å². The van der Waals surface area contributed by atoms with Crippen molar-refractivity contribution in [3.8, 4) is 0 Å². The van der Waals surface area contributed by atoms with Gasteiger partial charge in [-0.15, -0.1) is 0 Å². The van der Waals surface area contributed by atoms with Crippen molar-refractivity contribution in [2.75, 3.05) is 0 Å². The number of carbonyl (C=O) groups is 2. The number of fused-ring (bicyclic) bond motifs is 5. The van der Waals surface area contributed by atoms with Gasteiger partial charge in [0.15, 0.2) is 11.5 Å². The Balaban J connectivity index is 1.53. The third-order valence-electron chi connectivity index (χ3n) is 8.81. The predicted octanol–water partition coefficient (Wildman–Crippen LogP) is 4.37. The van der Waals surface area contributed by atoms with E-state index in [4.69, 9.17) is 9.15 Å². The Labute approximate surface area is 185 Å². The standard InChI is InChI=1S/C25H28F2O5/c1-13-9-15-16-11-18(26)17-10-14(28)6-7-24(17,3)25(16,27)20(29)12-23(15,2)21(13)32-22(30)19-5-4-8-31-19/h4-8,10,13,15-16,18,20-21,29H,9,11-12H2,1-3H3/t13?,15-,16-,18?,20?,21?,23-,24-,25-/m0/s1. The minimum atomic E-state index is -2.12. The van der Waals surface area contributed by atoms with Crippen molar-refractivity contribution in [1.29, 1.82) is 0 Å². The maximum atomic E-state index is 17.0. The topological polar surface area (TPSA) is 76.7 Å². The molecule has 32 heavy (non-hydrogen) atoms. The molecular weight excluding hydrogens is 418 g/mol. The van der Waals surface area contributed by atoms with Gasteiger partial charge in [0.2, 0.25) is 5.76 Å². The van der Waals surface area contributed by atoms with E-state index < -0.39 is 46.8 Å². The summed E-state index contributed by atoms with van der Waals surface area (Å²) in [5, 5.41) is 11.3. The average molecular weight is 446 g/mol. The molecule has 0 aliphatic heterocycles. The Morgan fingerprint density at radius 1 is 1.28 bits per heavy atom. The maximum Gasteiger partial charge on any atom is 0.374 e. The van der Waals surface area contributed by atoms with Crippen LogP contribution in [-0.2, 0) is 9.53 Å². The second-order valence-electron chi connectivity index (χ2n) is 10.5. The molecule has 0 spiro atoms. The molecule has 3 saturated carbocycles. The number of aliphatic hydroxyl groups excluding tert-OH is 1. The van der Waals surface area contributed by atoms with Gasteiger partial charge >= 0.3 is 5.97 Å². The summed E-state index contributed by atoms with van der Waals surface area (Å²) in [6.45, 7) is 5.43. The molecule has 1 heterocycles. The zero-order valence-corrected chi connectivity index (χ0v) is 18.4. The molecule has 9 atom stereocenters. The summed E-state index contributed by atoms with van der Waals surface area (Å²) in [5.41, 5.74) is -4.14. The molecule has 0 radical (unpaired) electrons. The number of hydrogen-bond donors (Lipinski definition) is 1. The van der Waals surface area contributed by atoms with Crippen molar-refractivity contribution in [1.82, 2.24) is 0 Å². The number of carbonyl (C=O) groups excluding carboxylic acids is 2. The minimum Gasteiger partial charge on any atom is -0.457 e. The summed E-state index contributed by atoms with van der Waals surface area (Å²) in [7, 11) is 0. The largest absolute Gasteiger partial charge is 0.457 e. The fraction of sp³-hybridized carbons (Fsp3) is 0.600. The summed E-state index contributed by atoms with van der Waals surface area (Å²) >= 11 is 0. The molecule has 1 N–H and O–H groups in total. The van der Waals surface area contributed by atoms with Crippen LogP contribution in [0.3, 0.4) is 0 Å². The minimum absolute atomic E-state index is 0.0761. The molecule has 0 aromatic carbocycles. The Morgan fingerprint density at radius 2 is 2.03 bits per heavy atom. The second-order valence-corrected chi connectivity index (χ2v) is 10.5. The molecular formula is C25H28F2O5. The van der Waals surface area contributed by atoms with Crippen molar-refractivity contribution in [2.45, 2.75) is 64.1 Å². The summed E-state index contributed by atoms with van der Waals surface area (Å²) in [4.78, 5) is 24.5. The van der Waals surface area contributed by atoms with Gasteiger partial charge in [-0.05, 0) is 67.9 Å². The Morgan fingerprint density at radius 3 is 2.72 bits per heavy atom. The number of ether oxygens (including phenoxy) is 1. The van der Waals surface area contributed by atoms with E-state index in [1.54, 1.807) is 13.0 Å². The number of esters is 1. The number of rotatable bonds is 2. The monoisotopic (exact) mass is 446 g/mol. The van der Waals surface area contributed by atoms with Gasteiger partial charge in [0.05, 0.1) is 12.4 Å². The van der Waals surface area contributed by atoms with Crippen LogP contribution in [0, 0.1) is 28.6 Å². The lowest BCUT2D eigenvalue weighted by Crippen LogP contribution is -2.68. The highest BCUT2D eigenvalue weighted by Crippen LogP contribution is 2.69. The van der Waals surface area contributed by atoms with Gasteiger partial charge in [0, 0.05) is 16.7 Å². The second kappa shape index (κ2) is 6.86. The van der Waals surface area contributed by atoms with Crippen molar-refractivity contribution >= 4 is 11.8 Å². The lowest BCUT2D eigenvalue weighted by Gasteiger charge is -2.62. The molecule has 4 unspecified atom stereocenters. The van der Waals surface area contributed by atoms with E-state index in [1.165, 1.54) is 30.6 Å². The van der Waals surface area contributed by atoms with Crippen molar-refractivity contribution < 1.29 is 32.6 Å². The van der Waals surface area contributed by atoms with Gasteiger partial charge in [-0.2, -0.15) is 0 Å². The van der Waals surface area contributed by atoms with Crippen molar-refractivity contribution in [2.24, 2.45) is 28.6 Å². The van der Waals surface area contributed by atoms with E-state index in [1.807, 2.05) is 13.8 Å². The van der Waals surface area contributed by atoms with E-state index >= 15 is 8.78 Å². The Hall–Kier alpha value is -2.28. The van der Waals surface area contributed by atoms with Crippen molar-refractivity contribution in [3.05, 3.63) is 48.0 Å². The number of halogens is 2. The first-order valence-corrected chi connectivity index (χ1v) is 11.2. The van der Waals surface area contributed by atoms with Crippen LogP contribution in [0.4, 0.5) is 8.78 Å². The number of hydrogen-bond acceptors (Lipinski definition) is 5. The van der Waals surface area contributed by atoms with Crippen molar-refractivity contribution in [3.63, 3.8) is 0 Å². The van der Waals surface area contributed by atoms with Gasteiger partial charge < -0.3 is 14.3 Å². The number of aliphatic hydroxyl groups is 1. The first kappa shape index (κ1) is 21.6. The fourth-order valence-corrected chi connectivity index (χ4v) is 7.35. The summed E-state index contributed by atoms with van der Waals surface area (Å²) in [5.74, 6) is -2.04. The molecule has 0 amide bonds. The molecule has 5 nitrogen and oxygen atoms in total. The lowest BCUT2D eigenvalue weighted by molar-refractivity contribution is -0.207. The molecule has 5 rings (SSSR count). The highest BCUT2D eigenvalue weighted by Gasteiger charge is 2.73. The van der Waals surface area contributed by atoms with E-state index in [0.29, 0.717) is 6.42 Å². The van der Waals surface area contributed by atoms with Gasteiger partial charge in [-0.3, -0.25) is 4.79 Å².